The minimum absolute atomic E-state index is 0.0314. The van der Waals surface area contributed by atoms with Gasteiger partial charge in [0.1, 0.15) is 5.60 Å². The van der Waals surface area contributed by atoms with Crippen LogP contribution in [0.3, 0.4) is 0 Å². The number of alkyl halides is 6. The summed E-state index contributed by atoms with van der Waals surface area (Å²) < 4.78 is 89.7. The summed E-state index contributed by atoms with van der Waals surface area (Å²) in [6.45, 7) is 4.59. The topological polar surface area (TPSA) is 203 Å². The van der Waals surface area contributed by atoms with E-state index >= 15 is 0 Å². The summed E-state index contributed by atoms with van der Waals surface area (Å²) in [5.74, 6) is -2.13. The van der Waals surface area contributed by atoms with Crippen LogP contribution in [-0.4, -0.2) is 113 Å². The average Bonchev–Trinajstić information content (AvgIpc) is 4.21. The fraction of sp³-hybridized carbons (Fsp3) is 0.310. The number of hydrogen-bond acceptors (Lipinski definition) is 10. The molecule has 17 nitrogen and oxygen atoms in total. The molecule has 5 aliphatic heterocycles. The maximum absolute atomic E-state index is 14.8. The highest BCUT2D eigenvalue weighted by Gasteiger charge is 2.47. The molecule has 9 rings (SSSR count). The predicted molar refractivity (Wildman–Crippen MR) is 280 cm³/mol. The number of benzene rings is 4. The molecule has 23 heteroatoms. The lowest BCUT2D eigenvalue weighted by molar-refractivity contribution is -0.155. The molecule has 81 heavy (non-hydrogen) atoms. The summed E-state index contributed by atoms with van der Waals surface area (Å²) in [6, 6.07) is 20.4. The van der Waals surface area contributed by atoms with Crippen LogP contribution in [0.1, 0.15) is 79.1 Å². The van der Waals surface area contributed by atoms with Crippen molar-refractivity contribution < 1.29 is 59.8 Å². The second kappa shape index (κ2) is 22.4. The zero-order valence-electron chi connectivity index (χ0n) is 43.9. The number of nitriles is 2. The van der Waals surface area contributed by atoms with Gasteiger partial charge in [0.05, 0.1) is 93.5 Å². The molecular formula is C58H52F6N10O7. The van der Waals surface area contributed by atoms with Crippen LogP contribution in [0.4, 0.5) is 47.3 Å². The van der Waals surface area contributed by atoms with Gasteiger partial charge in [0.15, 0.2) is 0 Å². The van der Waals surface area contributed by atoms with E-state index in [9.17, 15) is 65.6 Å². The standard InChI is InChI=1S/C58H52F6N10O7/c1-56(2,3)81-46(75)11-6-22-69-23-20-39(21-24-69)51(76)70(25-27-71-33-44-47(52(71)77)49(37-16-12-35(31-65)13-17-37)67-54(79)73(44)42-9-4-7-40(29-42)57(59,60)61)26-28-72-34-45-48(53(72)78)50(38-18-14-36(32-66)15-19-38)68-55(80)74(45)43-10-5-8-41(30-43)58(62,63)64/h4-5,7-10,12-21,23,29-30,49-50H,6,11,22,24-28,33-34H2,1-3H3,(H,67,79)(H,68,80)/t49-,50-/m1/s1. The van der Waals surface area contributed by atoms with Crippen LogP contribution in [0, 0.1) is 22.7 Å². The van der Waals surface area contributed by atoms with Gasteiger partial charge in [-0.05, 0) is 105 Å². The van der Waals surface area contributed by atoms with Gasteiger partial charge in [-0.15, -0.1) is 0 Å². The molecule has 0 unspecified atom stereocenters. The first-order valence-electron chi connectivity index (χ1n) is 25.7. The van der Waals surface area contributed by atoms with Crippen LogP contribution in [0.15, 0.2) is 144 Å². The molecular weight excluding hydrogens is 1060 g/mol. The molecule has 0 fully saturated rings. The third-order valence-corrected chi connectivity index (χ3v) is 14.1. The van der Waals surface area contributed by atoms with Crippen LogP contribution in [-0.2, 0) is 36.3 Å². The minimum atomic E-state index is -4.78. The molecule has 0 saturated heterocycles. The number of halogens is 6. The zero-order chi connectivity index (χ0) is 58.1. The molecule has 0 saturated carbocycles. The number of rotatable bonds is 15. The van der Waals surface area contributed by atoms with Crippen molar-refractivity contribution >= 4 is 47.1 Å². The van der Waals surface area contributed by atoms with Crippen LogP contribution >= 0.6 is 0 Å². The second-order valence-corrected chi connectivity index (χ2v) is 20.6. The van der Waals surface area contributed by atoms with E-state index in [-0.39, 0.29) is 109 Å². The Hall–Kier alpha value is -9.38. The van der Waals surface area contributed by atoms with E-state index in [1.54, 1.807) is 63.4 Å². The Balaban J connectivity index is 1.01. The minimum Gasteiger partial charge on any atom is -0.460 e. The zero-order valence-corrected chi connectivity index (χ0v) is 43.9. The van der Waals surface area contributed by atoms with Crippen molar-refractivity contribution in [2.24, 2.45) is 0 Å². The van der Waals surface area contributed by atoms with Gasteiger partial charge < -0.3 is 35.0 Å². The number of hydrogen-bond donors (Lipinski definition) is 2. The summed E-state index contributed by atoms with van der Waals surface area (Å²) in [4.78, 5) is 92.9. The molecule has 2 N–H and O–H groups in total. The van der Waals surface area contributed by atoms with E-state index in [2.05, 4.69) is 10.6 Å². The molecule has 0 spiro atoms. The van der Waals surface area contributed by atoms with Gasteiger partial charge in [0, 0.05) is 57.5 Å². The number of esters is 1. The van der Waals surface area contributed by atoms with Crippen LogP contribution in [0.5, 0.6) is 0 Å². The molecule has 0 aromatic heterocycles. The first kappa shape index (κ1) is 56.3. The van der Waals surface area contributed by atoms with Crippen molar-refractivity contribution in [3.63, 3.8) is 0 Å². The summed E-state index contributed by atoms with van der Waals surface area (Å²) in [6.07, 6.45) is -4.02. The first-order chi connectivity index (χ1) is 38.4. The van der Waals surface area contributed by atoms with E-state index in [0.29, 0.717) is 24.1 Å². The number of nitrogens with zero attached hydrogens (tertiary/aromatic N) is 8. The van der Waals surface area contributed by atoms with E-state index in [0.717, 1.165) is 46.2 Å². The summed E-state index contributed by atoms with van der Waals surface area (Å²) >= 11 is 0. The number of carbonyl (C=O) groups excluding carboxylic acids is 6. The van der Waals surface area contributed by atoms with Gasteiger partial charge in [0.2, 0.25) is 0 Å². The monoisotopic (exact) mass is 1110 g/mol. The van der Waals surface area contributed by atoms with Gasteiger partial charge in [-0.2, -0.15) is 36.9 Å². The van der Waals surface area contributed by atoms with Gasteiger partial charge in [-0.1, -0.05) is 42.5 Å². The molecule has 5 aliphatic rings. The molecule has 5 heterocycles. The molecule has 0 bridgehead atoms. The predicted octanol–water partition coefficient (Wildman–Crippen LogP) is 8.61. The Morgan fingerprint density at radius 2 is 1.12 bits per heavy atom. The largest absolute Gasteiger partial charge is 0.460 e. The molecule has 4 aromatic rings. The van der Waals surface area contributed by atoms with E-state index in [1.165, 1.54) is 51.1 Å². The Kier molecular flexibility index (Phi) is 15.6. The normalized spacial score (nSPS) is 18.3. The molecule has 7 amide bonds. The molecule has 4 aromatic carbocycles. The third kappa shape index (κ3) is 12.1. The number of ether oxygens (including phenoxy) is 1. The molecule has 0 radical (unpaired) electrons. The Morgan fingerprint density at radius 3 is 1.52 bits per heavy atom. The SMILES string of the molecule is CC(C)(C)OC(=O)CCCN1C=CC(C(=O)N(CCN2CC3=C(C2=O)[C@@H](c2ccc(C#N)cc2)NC(=O)N3c2cccc(C(F)(F)F)c2)CCN2CC3=C(C2=O)[C@@H](c2ccc(C#N)cc2)NC(=O)N3c2cccc(C(F)(F)F)c2)=CC1. The molecule has 418 valence electrons. The van der Waals surface area contributed by atoms with Gasteiger partial charge in [0.25, 0.3) is 17.7 Å². The molecule has 0 aliphatic carbocycles. The van der Waals surface area contributed by atoms with E-state index in [4.69, 9.17) is 4.74 Å². The maximum atomic E-state index is 14.8. The quantitative estimate of drug-likeness (QED) is 0.0857. The van der Waals surface area contributed by atoms with Crippen LogP contribution < -0.4 is 20.4 Å². The highest BCUT2D eigenvalue weighted by molar-refractivity contribution is 6.09. The summed E-state index contributed by atoms with van der Waals surface area (Å²) in [5, 5.41) is 24.5. The van der Waals surface area contributed by atoms with Gasteiger partial charge >= 0.3 is 30.4 Å². The highest BCUT2D eigenvalue weighted by Crippen LogP contribution is 2.42. The maximum Gasteiger partial charge on any atom is 0.416 e. The van der Waals surface area contributed by atoms with Gasteiger partial charge in [-0.25, -0.2) is 9.59 Å². The third-order valence-electron chi connectivity index (χ3n) is 14.1. The smallest absolute Gasteiger partial charge is 0.416 e. The van der Waals surface area contributed by atoms with E-state index in [1.807, 2.05) is 17.0 Å². The van der Waals surface area contributed by atoms with Crippen molar-refractivity contribution in [3.05, 3.63) is 177 Å². The fourth-order valence-electron chi connectivity index (χ4n) is 10.2. The molecule has 2 atom stereocenters. The van der Waals surface area contributed by atoms with Crippen molar-refractivity contribution in [2.75, 3.05) is 62.2 Å². The Morgan fingerprint density at radius 1 is 0.667 bits per heavy atom. The van der Waals surface area contributed by atoms with E-state index < -0.39 is 70.9 Å². The lowest BCUT2D eigenvalue weighted by Gasteiger charge is -2.34. The summed E-state index contributed by atoms with van der Waals surface area (Å²) in [5.41, 5.74) is -1.28. The number of carbonyl (C=O) groups is 6. The lowest BCUT2D eigenvalue weighted by atomic mass is 9.94. The Labute approximate surface area is 461 Å². The number of anilines is 2. The Bertz CT molecular complexity index is 3240. The number of amides is 7. The average molecular weight is 1120 g/mol. The number of nitrogens with one attached hydrogen (secondary N) is 2. The summed E-state index contributed by atoms with van der Waals surface area (Å²) in [7, 11) is 0. The number of urea groups is 2. The van der Waals surface area contributed by atoms with Gasteiger partial charge in [-0.3, -0.25) is 29.0 Å². The van der Waals surface area contributed by atoms with Crippen molar-refractivity contribution in [1.29, 1.82) is 10.5 Å². The van der Waals surface area contributed by atoms with Crippen molar-refractivity contribution in [2.45, 2.75) is 63.7 Å². The van der Waals surface area contributed by atoms with Crippen LogP contribution in [0.25, 0.3) is 0 Å². The highest BCUT2D eigenvalue weighted by atomic mass is 19.4. The first-order valence-corrected chi connectivity index (χ1v) is 25.7. The fourth-order valence-corrected chi connectivity index (χ4v) is 10.2. The van der Waals surface area contributed by atoms with Crippen LogP contribution in [0.2, 0.25) is 0 Å². The second-order valence-electron chi connectivity index (χ2n) is 20.6. The lowest BCUT2D eigenvalue weighted by Crippen LogP contribution is -2.47. The van der Waals surface area contributed by atoms with Crippen molar-refractivity contribution in [1.82, 2.24) is 30.2 Å². The van der Waals surface area contributed by atoms with Crippen molar-refractivity contribution in [3.8, 4) is 12.1 Å².